The van der Waals surface area contributed by atoms with Gasteiger partial charge in [-0.25, -0.2) is 14.4 Å². The number of nitrogens with one attached hydrogen (secondary N) is 1. The van der Waals surface area contributed by atoms with E-state index in [-0.39, 0.29) is 5.91 Å². The molecule has 28 heavy (non-hydrogen) atoms. The molecule has 0 aliphatic rings. The molecule has 0 radical (unpaired) electrons. The third-order valence-electron chi connectivity index (χ3n) is 3.92. The first-order valence-corrected chi connectivity index (χ1v) is 10.0. The zero-order chi connectivity index (χ0) is 19.5. The molecule has 0 fully saturated rings. The Morgan fingerprint density at radius 3 is 2.75 bits per heavy atom. The van der Waals surface area contributed by atoms with Crippen LogP contribution in [0.1, 0.15) is 9.67 Å². The summed E-state index contributed by atoms with van der Waals surface area (Å²) in [5.74, 6) is -0.749. The first kappa shape index (κ1) is 18.4. The van der Waals surface area contributed by atoms with Crippen LogP contribution < -0.4 is 5.32 Å². The molecule has 0 saturated heterocycles. The lowest BCUT2D eigenvalue weighted by Crippen LogP contribution is -2.11. The lowest BCUT2D eigenvalue weighted by molar-refractivity contribution is 0.103. The van der Waals surface area contributed by atoms with Crippen molar-refractivity contribution in [1.82, 2.24) is 14.5 Å². The molecular weight excluding hydrogens is 395 g/mol. The Bertz CT molecular complexity index is 1120. The van der Waals surface area contributed by atoms with Gasteiger partial charge in [0, 0.05) is 29.9 Å². The van der Waals surface area contributed by atoms with Gasteiger partial charge in [0.2, 0.25) is 0 Å². The summed E-state index contributed by atoms with van der Waals surface area (Å²) in [4.78, 5) is 22.4. The topological polar surface area (TPSA) is 59.8 Å². The maximum absolute atomic E-state index is 13.8. The van der Waals surface area contributed by atoms with Crippen LogP contribution in [0.3, 0.4) is 0 Å². The maximum atomic E-state index is 13.8. The molecule has 4 rings (SSSR count). The normalized spacial score (nSPS) is 10.8. The number of carbonyl (C=O) groups is 1. The molecule has 0 saturated carbocycles. The fraction of sp³-hybridized carbons (Fsp3) is 0.0500. The van der Waals surface area contributed by atoms with E-state index in [9.17, 15) is 9.18 Å². The van der Waals surface area contributed by atoms with Crippen LogP contribution in [0, 0.1) is 5.82 Å². The van der Waals surface area contributed by atoms with E-state index in [2.05, 4.69) is 15.3 Å². The number of amides is 1. The molecule has 0 aliphatic heterocycles. The largest absolute Gasteiger partial charge is 0.329 e. The van der Waals surface area contributed by atoms with Crippen LogP contribution in [0.15, 0.2) is 77.2 Å². The summed E-state index contributed by atoms with van der Waals surface area (Å²) in [6.45, 7) is 0. The van der Waals surface area contributed by atoms with Gasteiger partial charge in [-0.05, 0) is 30.0 Å². The van der Waals surface area contributed by atoms with Crippen molar-refractivity contribution in [3.05, 3.63) is 77.8 Å². The van der Waals surface area contributed by atoms with E-state index < -0.39 is 5.82 Å². The molecule has 5 nitrogen and oxygen atoms in total. The Balaban J connectivity index is 1.57. The highest BCUT2D eigenvalue weighted by Gasteiger charge is 2.15. The molecule has 8 heteroatoms. The fourth-order valence-corrected chi connectivity index (χ4v) is 4.20. The van der Waals surface area contributed by atoms with Crippen molar-refractivity contribution < 1.29 is 9.18 Å². The van der Waals surface area contributed by atoms with Gasteiger partial charge in [0.05, 0.1) is 11.9 Å². The fourth-order valence-electron chi connectivity index (χ4n) is 2.51. The highest BCUT2D eigenvalue weighted by molar-refractivity contribution is 7.99. The molecule has 0 aliphatic carbocycles. The minimum Gasteiger partial charge on any atom is -0.329 e. The zero-order valence-corrected chi connectivity index (χ0v) is 16.4. The second kappa shape index (κ2) is 7.95. The Morgan fingerprint density at radius 1 is 1.18 bits per heavy atom. The summed E-state index contributed by atoms with van der Waals surface area (Å²) in [7, 11) is 1.87. The Hall–Kier alpha value is -2.97. The number of rotatable bonds is 5. The first-order chi connectivity index (χ1) is 13.6. The predicted octanol–water partition coefficient (Wildman–Crippen LogP) is 5.09. The molecule has 0 bridgehead atoms. The van der Waals surface area contributed by atoms with Crippen molar-refractivity contribution in [2.75, 3.05) is 5.32 Å². The summed E-state index contributed by atoms with van der Waals surface area (Å²) in [6, 6.07) is 13.9. The SMILES string of the molecule is Cn1ccnc1Sc1ccc(F)cc1NC(=O)c1cnc(-c2ccccc2)s1. The molecule has 4 aromatic rings. The third kappa shape index (κ3) is 3.97. The highest BCUT2D eigenvalue weighted by Crippen LogP contribution is 2.33. The minimum absolute atomic E-state index is 0.327. The number of hydrogen-bond donors (Lipinski definition) is 1. The number of imidazole rings is 1. The van der Waals surface area contributed by atoms with E-state index in [1.807, 2.05) is 48.1 Å². The van der Waals surface area contributed by atoms with E-state index in [1.54, 1.807) is 12.3 Å². The van der Waals surface area contributed by atoms with Crippen molar-refractivity contribution in [2.45, 2.75) is 10.1 Å². The summed E-state index contributed by atoms with van der Waals surface area (Å²) in [6.07, 6.45) is 5.05. The van der Waals surface area contributed by atoms with Gasteiger partial charge in [0.25, 0.3) is 5.91 Å². The third-order valence-corrected chi connectivity index (χ3v) is 6.12. The molecule has 2 heterocycles. The first-order valence-electron chi connectivity index (χ1n) is 8.37. The van der Waals surface area contributed by atoms with Crippen LogP contribution in [0.25, 0.3) is 10.6 Å². The predicted molar refractivity (Wildman–Crippen MR) is 109 cm³/mol. The number of nitrogens with zero attached hydrogens (tertiary/aromatic N) is 3. The van der Waals surface area contributed by atoms with E-state index in [0.29, 0.717) is 15.5 Å². The molecule has 2 aromatic carbocycles. The summed E-state index contributed by atoms with van der Waals surface area (Å²) >= 11 is 2.64. The number of anilines is 1. The van der Waals surface area contributed by atoms with Gasteiger partial charge in [0.1, 0.15) is 15.7 Å². The summed E-state index contributed by atoms with van der Waals surface area (Å²) in [5, 5.41) is 4.30. The van der Waals surface area contributed by atoms with Gasteiger partial charge >= 0.3 is 0 Å². The van der Waals surface area contributed by atoms with E-state index in [1.165, 1.54) is 41.4 Å². The average molecular weight is 410 g/mol. The second-order valence-corrected chi connectivity index (χ2v) is 7.95. The average Bonchev–Trinajstić information content (AvgIpc) is 3.34. The Kier molecular flexibility index (Phi) is 5.23. The molecule has 0 unspecified atom stereocenters. The molecular formula is C20H15FN4OS2. The monoisotopic (exact) mass is 410 g/mol. The summed E-state index contributed by atoms with van der Waals surface area (Å²) < 4.78 is 15.6. The van der Waals surface area contributed by atoms with E-state index >= 15 is 0 Å². The maximum Gasteiger partial charge on any atom is 0.267 e. The number of thiazole rings is 1. The van der Waals surface area contributed by atoms with Crippen molar-refractivity contribution >= 4 is 34.7 Å². The number of carbonyl (C=O) groups excluding carboxylic acids is 1. The van der Waals surface area contributed by atoms with Gasteiger partial charge in [-0.1, -0.05) is 30.3 Å². The minimum atomic E-state index is -0.422. The number of aromatic nitrogens is 3. The molecule has 2 aromatic heterocycles. The molecule has 1 amide bonds. The van der Waals surface area contributed by atoms with Crippen LogP contribution in [-0.2, 0) is 7.05 Å². The molecule has 0 spiro atoms. The van der Waals surface area contributed by atoms with Crippen molar-refractivity contribution in [3.8, 4) is 10.6 Å². The van der Waals surface area contributed by atoms with E-state index in [4.69, 9.17) is 0 Å². The quantitative estimate of drug-likeness (QED) is 0.498. The van der Waals surface area contributed by atoms with E-state index in [0.717, 1.165) is 15.7 Å². The number of aryl methyl sites for hydroxylation is 1. The van der Waals surface area contributed by atoms with Gasteiger partial charge < -0.3 is 9.88 Å². The lowest BCUT2D eigenvalue weighted by atomic mass is 10.2. The standard InChI is InChI=1S/C20H15FN4OS2/c1-25-10-9-22-20(25)28-16-8-7-14(21)11-15(16)24-18(26)17-12-23-19(27-17)13-5-3-2-4-6-13/h2-12H,1H3,(H,24,26). The van der Waals surface area contributed by atoms with Crippen LogP contribution in [0.4, 0.5) is 10.1 Å². The van der Waals surface area contributed by atoms with Crippen LogP contribution in [0.5, 0.6) is 0 Å². The Labute approximate surface area is 169 Å². The van der Waals surface area contributed by atoms with Gasteiger partial charge in [-0.3, -0.25) is 4.79 Å². The van der Waals surface area contributed by atoms with Crippen molar-refractivity contribution in [1.29, 1.82) is 0 Å². The van der Waals surface area contributed by atoms with Crippen LogP contribution in [-0.4, -0.2) is 20.4 Å². The molecule has 1 N–H and O–H groups in total. The lowest BCUT2D eigenvalue weighted by Gasteiger charge is -2.10. The summed E-state index contributed by atoms with van der Waals surface area (Å²) in [5.41, 5.74) is 1.34. The van der Waals surface area contributed by atoms with Gasteiger partial charge in [-0.2, -0.15) is 0 Å². The van der Waals surface area contributed by atoms with Gasteiger partial charge in [-0.15, -0.1) is 11.3 Å². The number of halogens is 1. The Morgan fingerprint density at radius 2 is 2.00 bits per heavy atom. The number of benzene rings is 2. The molecule has 140 valence electrons. The van der Waals surface area contributed by atoms with Crippen molar-refractivity contribution in [2.24, 2.45) is 7.05 Å². The smallest absolute Gasteiger partial charge is 0.267 e. The van der Waals surface area contributed by atoms with Gasteiger partial charge in [0.15, 0.2) is 5.16 Å². The van der Waals surface area contributed by atoms with Crippen LogP contribution >= 0.6 is 23.1 Å². The zero-order valence-electron chi connectivity index (χ0n) is 14.8. The van der Waals surface area contributed by atoms with Crippen molar-refractivity contribution in [3.63, 3.8) is 0 Å². The highest BCUT2D eigenvalue weighted by atomic mass is 32.2. The van der Waals surface area contributed by atoms with Crippen LogP contribution in [0.2, 0.25) is 0 Å². The molecule has 0 atom stereocenters. The number of hydrogen-bond acceptors (Lipinski definition) is 5. The second-order valence-electron chi connectivity index (χ2n) is 5.91.